The van der Waals surface area contributed by atoms with Crippen LogP contribution in [0.5, 0.6) is 0 Å². The summed E-state index contributed by atoms with van der Waals surface area (Å²) in [7, 11) is 0. The first kappa shape index (κ1) is 18.6. The average Bonchev–Trinajstić information content (AvgIpc) is 3.20. The Morgan fingerprint density at radius 3 is 2.10 bits per heavy atom. The molecule has 0 saturated heterocycles. The molecule has 0 unspecified atom stereocenters. The summed E-state index contributed by atoms with van der Waals surface area (Å²) in [6.07, 6.45) is 1.83. The smallest absolute Gasteiger partial charge is 0.242 e. The van der Waals surface area contributed by atoms with Crippen LogP contribution in [-0.2, 0) is 17.6 Å². The number of nitrogens with zero attached hydrogens (tertiary/aromatic N) is 5. The number of fused-ring (bicyclic) bond motifs is 2. The van der Waals surface area contributed by atoms with Crippen molar-refractivity contribution >= 4 is 29.0 Å². The van der Waals surface area contributed by atoms with E-state index in [-0.39, 0.29) is 11.7 Å². The number of hydrogen-bond acceptors (Lipinski definition) is 5. The molecule has 30 heavy (non-hydrogen) atoms. The van der Waals surface area contributed by atoms with E-state index in [1.54, 1.807) is 4.68 Å². The number of amides is 1. The van der Waals surface area contributed by atoms with Crippen LogP contribution < -0.4 is 4.90 Å². The summed E-state index contributed by atoms with van der Waals surface area (Å²) in [5, 5.41) is 12.6. The van der Waals surface area contributed by atoms with Gasteiger partial charge in [-0.05, 0) is 58.7 Å². The zero-order chi connectivity index (χ0) is 20.3. The molecule has 0 radical (unpaired) electrons. The maximum absolute atomic E-state index is 13.4. The van der Waals surface area contributed by atoms with Crippen molar-refractivity contribution in [1.29, 1.82) is 0 Å². The van der Waals surface area contributed by atoms with Crippen LogP contribution in [0, 0.1) is 0 Å². The molecule has 1 aliphatic rings. The third kappa shape index (κ3) is 3.48. The van der Waals surface area contributed by atoms with Crippen LogP contribution in [0.3, 0.4) is 0 Å². The van der Waals surface area contributed by atoms with Gasteiger partial charge in [-0.2, -0.15) is 4.68 Å². The van der Waals surface area contributed by atoms with E-state index in [1.807, 2.05) is 71.6 Å². The summed E-state index contributed by atoms with van der Waals surface area (Å²) in [6, 6.07) is 25.9. The van der Waals surface area contributed by atoms with Crippen LogP contribution in [0.1, 0.15) is 11.1 Å². The highest BCUT2D eigenvalue weighted by Crippen LogP contribution is 2.36. The molecule has 7 heteroatoms. The Morgan fingerprint density at radius 2 is 1.43 bits per heavy atom. The third-order valence-electron chi connectivity index (χ3n) is 5.14. The molecule has 1 aliphatic heterocycles. The molecule has 0 saturated carbocycles. The molecular formula is C23H19N5OS. The van der Waals surface area contributed by atoms with Gasteiger partial charge in [-0.3, -0.25) is 9.69 Å². The first-order valence-electron chi connectivity index (χ1n) is 9.76. The average molecular weight is 414 g/mol. The Balaban J connectivity index is 1.45. The molecule has 4 aromatic rings. The molecular weight excluding hydrogens is 394 g/mol. The maximum atomic E-state index is 13.4. The lowest BCUT2D eigenvalue weighted by atomic mass is 10.0. The fraction of sp³-hybridized carbons (Fsp3) is 0.130. The molecule has 0 aliphatic carbocycles. The Bertz CT molecular complexity index is 1140. The number of thioether (sulfide) groups is 1. The van der Waals surface area contributed by atoms with E-state index in [0.29, 0.717) is 5.16 Å². The number of tetrazole rings is 1. The Kier molecular flexibility index (Phi) is 5.03. The molecule has 1 aromatic heterocycles. The fourth-order valence-electron chi connectivity index (χ4n) is 3.74. The quantitative estimate of drug-likeness (QED) is 0.469. The summed E-state index contributed by atoms with van der Waals surface area (Å²) in [5.74, 6) is 0.236. The minimum Gasteiger partial charge on any atom is -0.280 e. The molecule has 3 aromatic carbocycles. The first-order valence-corrected chi connectivity index (χ1v) is 10.8. The largest absolute Gasteiger partial charge is 0.280 e. The number of aromatic nitrogens is 4. The normalized spacial score (nSPS) is 12.7. The number of anilines is 2. The van der Waals surface area contributed by atoms with Gasteiger partial charge in [-0.25, -0.2) is 0 Å². The first-order chi connectivity index (χ1) is 14.8. The van der Waals surface area contributed by atoms with Crippen molar-refractivity contribution in [3.8, 4) is 5.69 Å². The lowest BCUT2D eigenvalue weighted by Crippen LogP contribution is -2.28. The minimum absolute atomic E-state index is 0.00408. The Labute approximate surface area is 178 Å². The van der Waals surface area contributed by atoms with Crippen molar-refractivity contribution in [1.82, 2.24) is 20.2 Å². The fourth-order valence-corrected chi connectivity index (χ4v) is 4.48. The number of aryl methyl sites for hydroxylation is 2. The second kappa shape index (κ2) is 8.12. The highest BCUT2D eigenvalue weighted by Gasteiger charge is 2.26. The number of hydrogen-bond donors (Lipinski definition) is 0. The molecule has 0 bridgehead atoms. The van der Waals surface area contributed by atoms with Gasteiger partial charge in [-0.15, -0.1) is 5.10 Å². The molecule has 0 N–H and O–H groups in total. The van der Waals surface area contributed by atoms with E-state index in [1.165, 1.54) is 22.9 Å². The van der Waals surface area contributed by atoms with Crippen LogP contribution in [-0.4, -0.2) is 31.9 Å². The molecule has 148 valence electrons. The van der Waals surface area contributed by atoms with Crippen molar-refractivity contribution in [2.24, 2.45) is 0 Å². The zero-order valence-electron chi connectivity index (χ0n) is 16.2. The van der Waals surface area contributed by atoms with Crippen LogP contribution in [0.4, 0.5) is 11.4 Å². The predicted molar refractivity (Wildman–Crippen MR) is 117 cm³/mol. The number of carbonyl (C=O) groups is 1. The van der Waals surface area contributed by atoms with Gasteiger partial charge in [0.1, 0.15) is 0 Å². The van der Waals surface area contributed by atoms with Gasteiger partial charge < -0.3 is 0 Å². The molecule has 0 spiro atoms. The molecule has 6 nitrogen and oxygen atoms in total. The summed E-state index contributed by atoms with van der Waals surface area (Å²) < 4.78 is 1.66. The third-order valence-corrected chi connectivity index (χ3v) is 6.05. The van der Waals surface area contributed by atoms with Crippen molar-refractivity contribution < 1.29 is 4.79 Å². The van der Waals surface area contributed by atoms with Crippen molar-refractivity contribution in [3.05, 3.63) is 90.0 Å². The summed E-state index contributed by atoms with van der Waals surface area (Å²) >= 11 is 1.34. The second-order valence-electron chi connectivity index (χ2n) is 6.98. The van der Waals surface area contributed by atoms with Crippen LogP contribution >= 0.6 is 11.8 Å². The molecule has 1 amide bonds. The summed E-state index contributed by atoms with van der Waals surface area (Å²) in [4.78, 5) is 15.3. The second-order valence-corrected chi connectivity index (χ2v) is 7.93. The molecule has 0 atom stereocenters. The maximum Gasteiger partial charge on any atom is 0.242 e. The number of benzene rings is 3. The SMILES string of the molecule is O=C(CSc1nnnn1-c1ccccc1)N1c2ccccc2CCc2ccccc21. The number of rotatable bonds is 4. The Hall–Kier alpha value is -3.45. The molecule has 2 heterocycles. The summed E-state index contributed by atoms with van der Waals surface area (Å²) in [5.41, 5.74) is 5.14. The van der Waals surface area contributed by atoms with E-state index in [0.717, 1.165) is 29.9 Å². The monoisotopic (exact) mass is 413 g/mol. The molecule has 5 rings (SSSR count). The van der Waals surface area contributed by atoms with Crippen LogP contribution in [0.15, 0.2) is 84.0 Å². The van der Waals surface area contributed by atoms with Crippen molar-refractivity contribution in [2.75, 3.05) is 10.7 Å². The minimum atomic E-state index is 0.00408. The highest BCUT2D eigenvalue weighted by molar-refractivity contribution is 7.99. The van der Waals surface area contributed by atoms with Gasteiger partial charge in [0.05, 0.1) is 22.8 Å². The van der Waals surface area contributed by atoms with Gasteiger partial charge in [0, 0.05) is 0 Å². The van der Waals surface area contributed by atoms with E-state index >= 15 is 0 Å². The zero-order valence-corrected chi connectivity index (χ0v) is 17.0. The standard InChI is InChI=1S/C23H19N5OS/c29-22(16-30-23-24-25-26-28(23)19-10-2-1-3-11-19)27-20-12-6-4-8-17(20)14-15-18-9-5-7-13-21(18)27/h1-13H,14-16H2. The van der Waals surface area contributed by atoms with Crippen LogP contribution in [0.2, 0.25) is 0 Å². The van der Waals surface area contributed by atoms with Gasteiger partial charge in [0.25, 0.3) is 0 Å². The van der Waals surface area contributed by atoms with Gasteiger partial charge >= 0.3 is 0 Å². The number of para-hydroxylation sites is 3. The van der Waals surface area contributed by atoms with Crippen LogP contribution in [0.25, 0.3) is 5.69 Å². The van der Waals surface area contributed by atoms with Gasteiger partial charge in [0.15, 0.2) is 0 Å². The lowest BCUT2D eigenvalue weighted by Gasteiger charge is -2.24. The number of carbonyl (C=O) groups excluding carboxylic acids is 1. The van der Waals surface area contributed by atoms with Gasteiger partial charge in [0.2, 0.25) is 11.1 Å². The van der Waals surface area contributed by atoms with Gasteiger partial charge in [-0.1, -0.05) is 66.4 Å². The van der Waals surface area contributed by atoms with E-state index in [4.69, 9.17) is 0 Å². The lowest BCUT2D eigenvalue weighted by molar-refractivity contribution is -0.115. The summed E-state index contributed by atoms with van der Waals surface area (Å²) in [6.45, 7) is 0. The Morgan fingerprint density at radius 1 is 0.833 bits per heavy atom. The highest BCUT2D eigenvalue weighted by atomic mass is 32.2. The predicted octanol–water partition coefficient (Wildman–Crippen LogP) is 4.22. The van der Waals surface area contributed by atoms with E-state index in [2.05, 4.69) is 27.7 Å². The van der Waals surface area contributed by atoms with Crippen molar-refractivity contribution in [2.45, 2.75) is 18.0 Å². The molecule has 0 fully saturated rings. The topological polar surface area (TPSA) is 63.9 Å². The van der Waals surface area contributed by atoms with E-state index < -0.39 is 0 Å². The van der Waals surface area contributed by atoms with E-state index in [9.17, 15) is 4.79 Å². The van der Waals surface area contributed by atoms with Crippen molar-refractivity contribution in [3.63, 3.8) is 0 Å².